The summed E-state index contributed by atoms with van der Waals surface area (Å²) in [5.41, 5.74) is 5.67. The van der Waals surface area contributed by atoms with Crippen molar-refractivity contribution in [2.75, 3.05) is 13.2 Å². The Labute approximate surface area is 235 Å². The van der Waals surface area contributed by atoms with Gasteiger partial charge in [-0.25, -0.2) is 0 Å². The predicted octanol–water partition coefficient (Wildman–Crippen LogP) is 4.00. The summed E-state index contributed by atoms with van der Waals surface area (Å²) >= 11 is 0. The number of Topliss-reactive ketones (excluding diaryl/α,β-unsaturated/α-hetero) is 1. The molecule has 37 heavy (non-hydrogen) atoms. The van der Waals surface area contributed by atoms with E-state index in [1.54, 1.807) is 6.92 Å². The fraction of sp³-hybridized carbons (Fsp3) is 0.531. The van der Waals surface area contributed by atoms with Gasteiger partial charge in [0.15, 0.2) is 0 Å². The fourth-order valence-electron chi connectivity index (χ4n) is 6.81. The summed E-state index contributed by atoms with van der Waals surface area (Å²) in [5.74, 6) is -0.201. The van der Waals surface area contributed by atoms with Gasteiger partial charge in [0.25, 0.3) is 0 Å². The number of benzene rings is 2. The van der Waals surface area contributed by atoms with Crippen molar-refractivity contribution in [3.8, 4) is 0 Å². The van der Waals surface area contributed by atoms with E-state index in [4.69, 9.17) is 9.84 Å². The van der Waals surface area contributed by atoms with Gasteiger partial charge in [-0.1, -0.05) is 59.7 Å². The summed E-state index contributed by atoms with van der Waals surface area (Å²) in [7, 11) is 0. The summed E-state index contributed by atoms with van der Waals surface area (Å²) in [6.07, 6.45) is 5.82. The van der Waals surface area contributed by atoms with E-state index in [2.05, 4.69) is 62.4 Å². The van der Waals surface area contributed by atoms with Crippen molar-refractivity contribution in [3.05, 3.63) is 78.2 Å². The van der Waals surface area contributed by atoms with E-state index >= 15 is 0 Å². The number of hydrogen-bond donors (Lipinski definition) is 1. The molecule has 6 saturated carbocycles. The number of hydrogen-bond acceptors (Lipinski definition) is 3. The minimum absolute atomic E-state index is 0. The van der Waals surface area contributed by atoms with Gasteiger partial charge in [0.1, 0.15) is 5.78 Å². The van der Waals surface area contributed by atoms with Crippen LogP contribution in [0.3, 0.4) is 0 Å². The van der Waals surface area contributed by atoms with Crippen LogP contribution in [0.4, 0.5) is 0 Å². The standard InChI is InChI=1S/C14H16O.C13H14O2.C4H10O.CH3.Li/c1-10-3-5-12(6-4-10)14-7-13(8-14,9-14)11(2)15;1-9-2-4-10(5-3-9)12-6-13(7-12,8-12)11(14)15;1-3-5-4-2;;/h3-6H,7-9H2,1-2H3;2-5H,6-8H2,1H3,(H,14,15);3-4H2,1-2H3;1H3;/q;;;-1;+1. The molecule has 4 nitrogen and oxygen atoms in total. The molecule has 0 aliphatic heterocycles. The normalized spacial score (nSPS) is 30.8. The van der Waals surface area contributed by atoms with Crippen LogP contribution >= 0.6 is 0 Å². The molecule has 6 aliphatic carbocycles. The van der Waals surface area contributed by atoms with Crippen molar-refractivity contribution in [2.24, 2.45) is 10.8 Å². The molecule has 0 saturated heterocycles. The van der Waals surface area contributed by atoms with Gasteiger partial charge in [0.2, 0.25) is 0 Å². The zero-order valence-corrected chi connectivity index (χ0v) is 23.9. The van der Waals surface area contributed by atoms with Crippen LogP contribution in [0.5, 0.6) is 0 Å². The first-order chi connectivity index (χ1) is 16.5. The van der Waals surface area contributed by atoms with E-state index in [0.717, 1.165) is 51.7 Å². The molecule has 0 radical (unpaired) electrons. The Morgan fingerprint density at radius 2 is 1.05 bits per heavy atom. The van der Waals surface area contributed by atoms with E-state index in [9.17, 15) is 9.59 Å². The van der Waals surface area contributed by atoms with Crippen molar-refractivity contribution >= 4 is 11.8 Å². The second-order valence-corrected chi connectivity index (χ2v) is 11.6. The third kappa shape index (κ3) is 5.49. The van der Waals surface area contributed by atoms with Gasteiger partial charge in [0.05, 0.1) is 5.41 Å². The molecular weight excluding hydrogens is 455 g/mol. The molecule has 1 N–H and O–H groups in total. The zero-order valence-electron chi connectivity index (χ0n) is 23.9. The number of aliphatic carboxylic acids is 1. The molecule has 0 spiro atoms. The van der Waals surface area contributed by atoms with Crippen LogP contribution in [0.2, 0.25) is 0 Å². The Bertz CT molecular complexity index is 960. The van der Waals surface area contributed by atoms with Crippen molar-refractivity contribution < 1.29 is 38.3 Å². The molecule has 6 fully saturated rings. The summed E-state index contributed by atoms with van der Waals surface area (Å²) < 4.78 is 4.83. The molecule has 0 amide bonds. The average molecular weight is 499 g/mol. The molecule has 8 rings (SSSR count). The monoisotopic (exact) mass is 498 g/mol. The molecule has 4 bridgehead atoms. The smallest absolute Gasteiger partial charge is 0.481 e. The van der Waals surface area contributed by atoms with Crippen LogP contribution in [-0.2, 0) is 25.2 Å². The number of aryl methyl sites for hydroxylation is 2. The number of carboxylic acid groups (broad SMARTS) is 1. The van der Waals surface area contributed by atoms with E-state index in [-0.39, 0.29) is 42.5 Å². The van der Waals surface area contributed by atoms with Gasteiger partial charge < -0.3 is 17.3 Å². The quantitative estimate of drug-likeness (QED) is 0.483. The van der Waals surface area contributed by atoms with Crippen LogP contribution in [0.25, 0.3) is 0 Å². The maximum Gasteiger partial charge on any atom is 1.00 e. The van der Waals surface area contributed by atoms with Crippen LogP contribution < -0.4 is 18.9 Å². The van der Waals surface area contributed by atoms with E-state index < -0.39 is 5.97 Å². The number of carboxylic acids is 1. The Morgan fingerprint density at radius 1 is 0.730 bits per heavy atom. The topological polar surface area (TPSA) is 63.6 Å². The van der Waals surface area contributed by atoms with Gasteiger partial charge in [-0.05, 0) is 95.1 Å². The average Bonchev–Trinajstić information content (AvgIpc) is 2.68. The summed E-state index contributed by atoms with van der Waals surface area (Å²) in [4.78, 5) is 22.4. The Hall–Kier alpha value is -1.86. The molecule has 0 unspecified atom stereocenters. The maximum atomic E-state index is 11.4. The molecule has 5 heteroatoms. The Morgan fingerprint density at radius 3 is 1.30 bits per heavy atom. The summed E-state index contributed by atoms with van der Waals surface area (Å²) in [5, 5.41) is 9.04. The van der Waals surface area contributed by atoms with E-state index in [1.807, 2.05) is 13.8 Å². The first-order valence-corrected chi connectivity index (χ1v) is 13.0. The predicted molar refractivity (Wildman–Crippen MR) is 145 cm³/mol. The molecule has 2 aromatic carbocycles. The Balaban J connectivity index is 0.000000212. The Kier molecular flexibility index (Phi) is 9.73. The summed E-state index contributed by atoms with van der Waals surface area (Å²) in [6, 6.07) is 17.4. The summed E-state index contributed by atoms with van der Waals surface area (Å²) in [6.45, 7) is 11.6. The second kappa shape index (κ2) is 11.5. The van der Waals surface area contributed by atoms with E-state index in [0.29, 0.717) is 11.2 Å². The number of ether oxygens (including phenoxy) is 1. The number of carbonyl (C=O) groups excluding carboxylic acids is 1. The third-order valence-corrected chi connectivity index (χ3v) is 9.00. The van der Waals surface area contributed by atoms with Crippen LogP contribution in [0, 0.1) is 32.1 Å². The van der Waals surface area contributed by atoms with Gasteiger partial charge >= 0.3 is 24.8 Å². The fourth-order valence-corrected chi connectivity index (χ4v) is 6.81. The number of carbonyl (C=O) groups is 2. The van der Waals surface area contributed by atoms with E-state index in [1.165, 1.54) is 22.3 Å². The van der Waals surface area contributed by atoms with Gasteiger partial charge in [-0.3, -0.25) is 9.59 Å². The third-order valence-electron chi connectivity index (χ3n) is 9.00. The van der Waals surface area contributed by atoms with Crippen molar-refractivity contribution in [1.82, 2.24) is 0 Å². The van der Waals surface area contributed by atoms with Crippen LogP contribution in [-0.4, -0.2) is 30.1 Å². The molecule has 196 valence electrons. The zero-order chi connectivity index (χ0) is 25.5. The molecule has 6 aliphatic rings. The molecular formula is C32H43LiO4. The molecule has 0 atom stereocenters. The number of rotatable bonds is 6. The minimum atomic E-state index is -0.600. The van der Waals surface area contributed by atoms with Gasteiger partial charge in [-0.15, -0.1) is 0 Å². The SMILES string of the molecule is CC(=O)C12CC(c3ccc(C)cc3)(C1)C2.CCOCC.Cc1ccc(C23CC(C(=O)O)(C2)C3)cc1.[CH3-].[Li+]. The molecule has 0 aromatic heterocycles. The van der Waals surface area contributed by atoms with Gasteiger partial charge in [0, 0.05) is 18.6 Å². The van der Waals surface area contributed by atoms with Crippen molar-refractivity contribution in [2.45, 2.75) is 84.0 Å². The maximum absolute atomic E-state index is 11.4. The van der Waals surface area contributed by atoms with Crippen LogP contribution in [0.1, 0.15) is 81.5 Å². The minimum Gasteiger partial charge on any atom is -0.481 e. The number of ketones is 1. The second-order valence-electron chi connectivity index (χ2n) is 11.6. The van der Waals surface area contributed by atoms with Crippen LogP contribution in [0.15, 0.2) is 48.5 Å². The first kappa shape index (κ1) is 31.4. The molecule has 0 heterocycles. The largest absolute Gasteiger partial charge is 1.00 e. The van der Waals surface area contributed by atoms with Gasteiger partial charge in [-0.2, -0.15) is 0 Å². The van der Waals surface area contributed by atoms with Crippen molar-refractivity contribution in [1.29, 1.82) is 0 Å². The molecule has 2 aromatic rings. The first-order valence-electron chi connectivity index (χ1n) is 13.0. The van der Waals surface area contributed by atoms with Crippen molar-refractivity contribution in [3.63, 3.8) is 0 Å².